The maximum atomic E-state index is 12.6. The molecular formula is C22H22N2O3S. The summed E-state index contributed by atoms with van der Waals surface area (Å²) in [5.41, 5.74) is 2.13. The lowest BCUT2D eigenvalue weighted by Crippen LogP contribution is -2.32. The molecule has 2 aliphatic rings. The first-order valence-electron chi connectivity index (χ1n) is 9.49. The van der Waals surface area contributed by atoms with Crippen LogP contribution in [-0.4, -0.2) is 42.3 Å². The van der Waals surface area contributed by atoms with Crippen LogP contribution < -0.4 is 9.64 Å². The van der Waals surface area contributed by atoms with Crippen LogP contribution in [0.15, 0.2) is 59.5 Å². The van der Waals surface area contributed by atoms with Gasteiger partial charge in [-0.1, -0.05) is 30.3 Å². The van der Waals surface area contributed by atoms with Gasteiger partial charge in [0.2, 0.25) is 0 Å². The highest BCUT2D eigenvalue weighted by atomic mass is 32.2. The summed E-state index contributed by atoms with van der Waals surface area (Å²) in [6.45, 7) is 2.72. The van der Waals surface area contributed by atoms with E-state index in [0.29, 0.717) is 4.91 Å². The number of amides is 2. The minimum atomic E-state index is -0.254. The van der Waals surface area contributed by atoms with E-state index < -0.39 is 0 Å². The molecule has 0 aromatic heterocycles. The third kappa shape index (κ3) is 4.22. The molecule has 2 saturated heterocycles. The normalized spacial score (nSPS) is 18.4. The molecule has 144 valence electrons. The molecule has 0 saturated carbocycles. The van der Waals surface area contributed by atoms with E-state index in [-0.39, 0.29) is 24.3 Å². The molecule has 0 bridgehead atoms. The molecule has 5 nitrogen and oxygen atoms in total. The summed E-state index contributed by atoms with van der Waals surface area (Å²) >= 11 is 0.985. The lowest BCUT2D eigenvalue weighted by molar-refractivity contribution is -0.123. The second-order valence-corrected chi connectivity index (χ2v) is 7.77. The lowest BCUT2D eigenvalue weighted by Gasteiger charge is -2.17. The van der Waals surface area contributed by atoms with Crippen molar-refractivity contribution < 1.29 is 14.3 Å². The van der Waals surface area contributed by atoms with Gasteiger partial charge in [-0.05, 0) is 60.5 Å². The van der Waals surface area contributed by atoms with E-state index in [1.54, 1.807) is 6.08 Å². The highest BCUT2D eigenvalue weighted by molar-refractivity contribution is 8.18. The summed E-state index contributed by atoms with van der Waals surface area (Å²) in [7, 11) is 0. The topological polar surface area (TPSA) is 49.9 Å². The molecule has 2 heterocycles. The highest BCUT2D eigenvalue weighted by Crippen LogP contribution is 2.32. The first-order valence-corrected chi connectivity index (χ1v) is 10.3. The lowest BCUT2D eigenvalue weighted by atomic mass is 10.2. The van der Waals surface area contributed by atoms with Crippen molar-refractivity contribution in [3.8, 4) is 5.75 Å². The monoisotopic (exact) mass is 394 g/mol. The molecule has 0 radical (unpaired) electrons. The number of ether oxygens (including phenoxy) is 1. The number of nitrogens with zero attached hydrogens (tertiary/aromatic N) is 2. The average Bonchev–Trinajstić information content (AvgIpc) is 3.34. The molecule has 2 aromatic carbocycles. The van der Waals surface area contributed by atoms with Crippen LogP contribution in [0.1, 0.15) is 18.4 Å². The van der Waals surface area contributed by atoms with Crippen molar-refractivity contribution in [2.75, 3.05) is 31.1 Å². The SMILES string of the molecule is O=C1S/C(=C\c2ccc(N3CCCC3)cc2)C(=O)N1CCOc1ccccc1. The number of rotatable bonds is 6. The molecule has 0 atom stereocenters. The third-order valence-corrected chi connectivity index (χ3v) is 5.77. The Labute approximate surface area is 169 Å². The van der Waals surface area contributed by atoms with Crippen LogP contribution in [0.2, 0.25) is 0 Å². The standard InChI is InChI=1S/C22H22N2O3S/c25-21-20(16-17-8-10-18(11-9-17)23-12-4-5-13-23)28-22(26)24(21)14-15-27-19-6-2-1-3-7-19/h1-3,6-11,16H,4-5,12-15H2/b20-16-. The Bertz CT molecular complexity index is 874. The van der Waals surface area contributed by atoms with Crippen molar-refractivity contribution in [2.24, 2.45) is 0 Å². The molecular weight excluding hydrogens is 372 g/mol. The zero-order valence-electron chi connectivity index (χ0n) is 15.5. The summed E-state index contributed by atoms with van der Waals surface area (Å²) in [4.78, 5) is 28.9. The number of hydrogen-bond donors (Lipinski definition) is 0. The van der Waals surface area contributed by atoms with E-state index in [4.69, 9.17) is 4.74 Å². The maximum absolute atomic E-state index is 12.6. The van der Waals surface area contributed by atoms with Crippen LogP contribution in [0.4, 0.5) is 10.5 Å². The quantitative estimate of drug-likeness (QED) is 0.680. The van der Waals surface area contributed by atoms with E-state index in [1.165, 1.54) is 23.4 Å². The molecule has 28 heavy (non-hydrogen) atoms. The molecule has 0 aliphatic carbocycles. The van der Waals surface area contributed by atoms with Crippen molar-refractivity contribution in [1.29, 1.82) is 0 Å². The summed E-state index contributed by atoms with van der Waals surface area (Å²) < 4.78 is 5.60. The molecule has 0 N–H and O–H groups in total. The van der Waals surface area contributed by atoms with Crippen molar-refractivity contribution in [1.82, 2.24) is 4.90 Å². The van der Waals surface area contributed by atoms with E-state index in [2.05, 4.69) is 17.0 Å². The van der Waals surface area contributed by atoms with Crippen LogP contribution >= 0.6 is 11.8 Å². The third-order valence-electron chi connectivity index (χ3n) is 4.86. The molecule has 2 fully saturated rings. The Morgan fingerprint density at radius 2 is 1.68 bits per heavy atom. The Morgan fingerprint density at radius 3 is 2.39 bits per heavy atom. The number of hydrogen-bond acceptors (Lipinski definition) is 5. The number of imide groups is 1. The van der Waals surface area contributed by atoms with Gasteiger partial charge in [0.1, 0.15) is 12.4 Å². The molecule has 2 amide bonds. The fourth-order valence-corrected chi connectivity index (χ4v) is 4.24. The van der Waals surface area contributed by atoms with Crippen molar-refractivity contribution in [3.05, 3.63) is 65.1 Å². The van der Waals surface area contributed by atoms with Gasteiger partial charge in [0.15, 0.2) is 0 Å². The van der Waals surface area contributed by atoms with E-state index >= 15 is 0 Å². The van der Waals surface area contributed by atoms with Gasteiger partial charge in [0, 0.05) is 18.8 Å². The van der Waals surface area contributed by atoms with Crippen LogP contribution in [0.3, 0.4) is 0 Å². The molecule has 2 aliphatic heterocycles. The fraction of sp³-hybridized carbons (Fsp3) is 0.273. The van der Waals surface area contributed by atoms with Gasteiger partial charge in [-0.25, -0.2) is 0 Å². The fourth-order valence-electron chi connectivity index (χ4n) is 3.37. The summed E-state index contributed by atoms with van der Waals surface area (Å²) in [6, 6.07) is 17.5. The van der Waals surface area contributed by atoms with Crippen molar-refractivity contribution >= 4 is 34.7 Å². The smallest absolute Gasteiger partial charge is 0.293 e. The summed E-state index contributed by atoms with van der Waals surface area (Å²) in [5.74, 6) is 0.471. The maximum Gasteiger partial charge on any atom is 0.293 e. The van der Waals surface area contributed by atoms with Crippen LogP contribution in [0, 0.1) is 0 Å². The summed E-state index contributed by atoms with van der Waals surface area (Å²) in [5, 5.41) is -0.249. The second kappa shape index (κ2) is 8.52. The highest BCUT2D eigenvalue weighted by Gasteiger charge is 2.34. The second-order valence-electron chi connectivity index (χ2n) is 6.78. The minimum Gasteiger partial charge on any atom is -0.492 e. The van der Waals surface area contributed by atoms with Crippen LogP contribution in [-0.2, 0) is 4.79 Å². The number of benzene rings is 2. The zero-order chi connectivity index (χ0) is 19.3. The van der Waals surface area contributed by atoms with Crippen LogP contribution in [0.5, 0.6) is 5.75 Å². The Hall–Kier alpha value is -2.73. The van der Waals surface area contributed by atoms with Crippen LogP contribution in [0.25, 0.3) is 6.08 Å². The van der Waals surface area contributed by atoms with Gasteiger partial charge in [0.25, 0.3) is 11.1 Å². The van der Waals surface area contributed by atoms with Gasteiger partial charge in [-0.3, -0.25) is 14.5 Å². The number of carbonyl (C=O) groups is 2. The number of para-hydroxylation sites is 1. The Balaban J connectivity index is 1.37. The Morgan fingerprint density at radius 1 is 0.964 bits per heavy atom. The number of anilines is 1. The molecule has 4 rings (SSSR count). The van der Waals surface area contributed by atoms with E-state index in [0.717, 1.165) is 36.2 Å². The Kier molecular flexibility index (Phi) is 5.67. The van der Waals surface area contributed by atoms with E-state index in [1.807, 2.05) is 42.5 Å². The van der Waals surface area contributed by atoms with Gasteiger partial charge >= 0.3 is 0 Å². The van der Waals surface area contributed by atoms with Gasteiger partial charge in [0.05, 0.1) is 11.4 Å². The number of carbonyl (C=O) groups excluding carboxylic acids is 2. The van der Waals surface area contributed by atoms with E-state index in [9.17, 15) is 9.59 Å². The summed E-state index contributed by atoms with van der Waals surface area (Å²) in [6.07, 6.45) is 4.27. The molecule has 2 aromatic rings. The molecule has 6 heteroatoms. The van der Waals surface area contributed by atoms with Gasteiger partial charge in [-0.2, -0.15) is 0 Å². The predicted octanol–water partition coefficient (Wildman–Crippen LogP) is 4.40. The van der Waals surface area contributed by atoms with Crippen molar-refractivity contribution in [3.63, 3.8) is 0 Å². The molecule has 0 spiro atoms. The average molecular weight is 394 g/mol. The van der Waals surface area contributed by atoms with Gasteiger partial charge in [-0.15, -0.1) is 0 Å². The largest absolute Gasteiger partial charge is 0.492 e. The van der Waals surface area contributed by atoms with Crippen molar-refractivity contribution in [2.45, 2.75) is 12.8 Å². The first-order chi connectivity index (χ1) is 13.7. The first kappa shape index (κ1) is 18.6. The number of thioether (sulfide) groups is 1. The molecule has 0 unspecified atom stereocenters. The van der Waals surface area contributed by atoms with Gasteiger partial charge < -0.3 is 9.64 Å². The minimum absolute atomic E-state index is 0.241. The predicted molar refractivity (Wildman–Crippen MR) is 113 cm³/mol. The zero-order valence-corrected chi connectivity index (χ0v) is 16.4.